The van der Waals surface area contributed by atoms with Gasteiger partial charge in [0.1, 0.15) is 0 Å². The van der Waals surface area contributed by atoms with Crippen LogP contribution in [0.25, 0.3) is 0 Å². The second-order valence-corrected chi connectivity index (χ2v) is 6.35. The first-order valence-corrected chi connectivity index (χ1v) is 8.57. The molecule has 3 amide bonds. The molecule has 0 aliphatic rings. The van der Waals surface area contributed by atoms with Crippen molar-refractivity contribution >= 4 is 29.1 Å². The van der Waals surface area contributed by atoms with E-state index in [1.54, 1.807) is 48.5 Å². The lowest BCUT2D eigenvalue weighted by Gasteiger charge is -2.11. The first-order valence-electron chi connectivity index (χ1n) is 8.57. The van der Waals surface area contributed by atoms with Crippen molar-refractivity contribution < 1.29 is 14.4 Å². The van der Waals surface area contributed by atoms with Gasteiger partial charge in [0, 0.05) is 42.5 Å². The molecule has 2 rings (SSSR count). The molecule has 7 nitrogen and oxygen atoms in total. The fraction of sp³-hybridized carbons (Fsp3) is 0.250. The zero-order chi connectivity index (χ0) is 19.8. The number of rotatable bonds is 7. The summed E-state index contributed by atoms with van der Waals surface area (Å²) in [6.07, 6.45) is 0. The fourth-order valence-corrected chi connectivity index (χ4v) is 2.31. The number of hydrogen-bond donors (Lipinski definition) is 3. The van der Waals surface area contributed by atoms with Gasteiger partial charge in [-0.3, -0.25) is 14.4 Å². The Morgan fingerprint density at radius 1 is 0.778 bits per heavy atom. The quantitative estimate of drug-likeness (QED) is 0.699. The third-order valence-corrected chi connectivity index (χ3v) is 3.72. The van der Waals surface area contributed by atoms with E-state index in [9.17, 15) is 14.4 Å². The van der Waals surface area contributed by atoms with E-state index in [-0.39, 0.29) is 17.7 Å². The van der Waals surface area contributed by atoms with E-state index in [4.69, 9.17) is 0 Å². The molecule has 27 heavy (non-hydrogen) atoms. The van der Waals surface area contributed by atoms with E-state index < -0.39 is 0 Å². The van der Waals surface area contributed by atoms with Gasteiger partial charge in [-0.2, -0.15) is 0 Å². The van der Waals surface area contributed by atoms with Gasteiger partial charge in [0.15, 0.2) is 0 Å². The van der Waals surface area contributed by atoms with Crippen LogP contribution in [0, 0.1) is 0 Å². The van der Waals surface area contributed by atoms with Crippen LogP contribution in [-0.2, 0) is 4.79 Å². The van der Waals surface area contributed by atoms with Crippen LogP contribution in [0.15, 0.2) is 48.5 Å². The van der Waals surface area contributed by atoms with Gasteiger partial charge < -0.3 is 20.9 Å². The number of nitrogens with one attached hydrogen (secondary N) is 3. The summed E-state index contributed by atoms with van der Waals surface area (Å²) in [5.41, 5.74) is 2.22. The number of likely N-dealkylation sites (N-methyl/N-ethyl adjacent to an activating group) is 1. The van der Waals surface area contributed by atoms with Gasteiger partial charge in [-0.15, -0.1) is 0 Å². The molecule has 0 atom stereocenters. The summed E-state index contributed by atoms with van der Waals surface area (Å²) in [5, 5.41) is 8.27. The molecule has 2 aromatic carbocycles. The molecule has 0 radical (unpaired) electrons. The van der Waals surface area contributed by atoms with Crippen molar-refractivity contribution in [3.8, 4) is 0 Å². The highest BCUT2D eigenvalue weighted by atomic mass is 16.2. The van der Waals surface area contributed by atoms with Crippen LogP contribution >= 0.6 is 0 Å². The monoisotopic (exact) mass is 368 g/mol. The summed E-state index contributed by atoms with van der Waals surface area (Å²) >= 11 is 0. The highest BCUT2D eigenvalue weighted by molar-refractivity contribution is 6.05. The van der Waals surface area contributed by atoms with Crippen LogP contribution in [0.4, 0.5) is 11.4 Å². The predicted octanol–water partition coefficient (Wildman–Crippen LogP) is 2.19. The highest BCUT2D eigenvalue weighted by Crippen LogP contribution is 2.15. The van der Waals surface area contributed by atoms with Crippen molar-refractivity contribution in [2.45, 2.75) is 6.92 Å². The van der Waals surface area contributed by atoms with Crippen molar-refractivity contribution in [1.29, 1.82) is 0 Å². The lowest BCUT2D eigenvalue weighted by atomic mass is 10.1. The molecule has 0 bridgehead atoms. The minimum absolute atomic E-state index is 0.155. The highest BCUT2D eigenvalue weighted by Gasteiger charge is 2.09. The maximum atomic E-state index is 12.3. The van der Waals surface area contributed by atoms with Gasteiger partial charge in [-0.1, -0.05) is 0 Å². The Morgan fingerprint density at radius 2 is 1.26 bits per heavy atom. The number of anilines is 2. The minimum atomic E-state index is -0.276. The normalized spacial score (nSPS) is 10.4. The number of nitrogens with zero attached hydrogens (tertiary/aromatic N) is 1. The van der Waals surface area contributed by atoms with Gasteiger partial charge in [0.25, 0.3) is 11.8 Å². The third-order valence-electron chi connectivity index (χ3n) is 3.72. The van der Waals surface area contributed by atoms with E-state index in [2.05, 4.69) is 16.0 Å². The van der Waals surface area contributed by atoms with Crippen LogP contribution in [0.1, 0.15) is 27.6 Å². The number of amides is 3. The molecule has 0 aliphatic heterocycles. The Kier molecular flexibility index (Phi) is 7.08. The molecular formula is C20H24N4O3. The van der Waals surface area contributed by atoms with Gasteiger partial charge in [-0.05, 0) is 62.6 Å². The first-order chi connectivity index (χ1) is 12.8. The van der Waals surface area contributed by atoms with Crippen LogP contribution < -0.4 is 16.0 Å². The SMILES string of the molecule is CC(=O)Nc1ccc(NC(=O)c2ccc(C(=O)NCCN(C)C)cc2)cc1. The Balaban J connectivity index is 1.93. The standard InChI is InChI=1S/C20H24N4O3/c1-14(25)22-17-8-10-18(11-9-17)23-20(27)16-6-4-15(5-7-16)19(26)21-12-13-24(2)3/h4-11H,12-13H2,1-3H3,(H,21,26)(H,22,25)(H,23,27). The lowest BCUT2D eigenvalue weighted by Crippen LogP contribution is -2.31. The fourth-order valence-electron chi connectivity index (χ4n) is 2.31. The largest absolute Gasteiger partial charge is 0.351 e. The molecule has 0 unspecified atom stereocenters. The molecule has 0 heterocycles. The molecule has 3 N–H and O–H groups in total. The van der Waals surface area contributed by atoms with Crippen LogP contribution in [0.2, 0.25) is 0 Å². The van der Waals surface area contributed by atoms with Crippen LogP contribution in [0.3, 0.4) is 0 Å². The number of carbonyl (C=O) groups is 3. The summed E-state index contributed by atoms with van der Waals surface area (Å²) < 4.78 is 0. The predicted molar refractivity (Wildman–Crippen MR) is 106 cm³/mol. The van der Waals surface area contributed by atoms with Gasteiger partial charge in [-0.25, -0.2) is 0 Å². The minimum Gasteiger partial charge on any atom is -0.351 e. The number of benzene rings is 2. The van der Waals surface area contributed by atoms with E-state index in [0.29, 0.717) is 29.0 Å². The Morgan fingerprint density at radius 3 is 1.74 bits per heavy atom. The number of hydrogen-bond acceptors (Lipinski definition) is 4. The zero-order valence-corrected chi connectivity index (χ0v) is 15.7. The summed E-state index contributed by atoms with van der Waals surface area (Å²) in [5.74, 6) is -0.600. The van der Waals surface area contributed by atoms with E-state index in [0.717, 1.165) is 6.54 Å². The molecule has 0 aliphatic carbocycles. The number of carbonyl (C=O) groups excluding carboxylic acids is 3. The molecule has 0 fully saturated rings. The average molecular weight is 368 g/mol. The van der Waals surface area contributed by atoms with Crippen molar-refractivity contribution in [1.82, 2.24) is 10.2 Å². The molecule has 0 saturated heterocycles. The zero-order valence-electron chi connectivity index (χ0n) is 15.7. The van der Waals surface area contributed by atoms with Gasteiger partial charge in [0.05, 0.1) is 0 Å². The molecule has 0 aromatic heterocycles. The smallest absolute Gasteiger partial charge is 0.255 e. The Hall–Kier alpha value is -3.19. The molecule has 142 valence electrons. The maximum Gasteiger partial charge on any atom is 0.255 e. The second kappa shape index (κ2) is 9.49. The molecule has 0 saturated carbocycles. The van der Waals surface area contributed by atoms with Gasteiger partial charge >= 0.3 is 0 Å². The lowest BCUT2D eigenvalue weighted by molar-refractivity contribution is -0.114. The summed E-state index contributed by atoms with van der Waals surface area (Å²) in [6.45, 7) is 2.75. The van der Waals surface area contributed by atoms with E-state index in [1.807, 2.05) is 19.0 Å². The molecule has 7 heteroatoms. The topological polar surface area (TPSA) is 90.5 Å². The second-order valence-electron chi connectivity index (χ2n) is 6.35. The van der Waals surface area contributed by atoms with E-state index >= 15 is 0 Å². The van der Waals surface area contributed by atoms with Crippen molar-refractivity contribution in [3.05, 3.63) is 59.7 Å². The first kappa shape index (κ1) is 20.1. The van der Waals surface area contributed by atoms with Gasteiger partial charge in [0.2, 0.25) is 5.91 Å². The van der Waals surface area contributed by atoms with Crippen molar-refractivity contribution in [2.75, 3.05) is 37.8 Å². The summed E-state index contributed by atoms with van der Waals surface area (Å²) in [7, 11) is 3.87. The molecule has 0 spiro atoms. The maximum absolute atomic E-state index is 12.3. The summed E-state index contributed by atoms with van der Waals surface area (Å²) in [4.78, 5) is 37.4. The molecular weight excluding hydrogens is 344 g/mol. The van der Waals surface area contributed by atoms with Crippen LogP contribution in [-0.4, -0.2) is 49.8 Å². The van der Waals surface area contributed by atoms with Crippen molar-refractivity contribution in [3.63, 3.8) is 0 Å². The van der Waals surface area contributed by atoms with Crippen molar-refractivity contribution in [2.24, 2.45) is 0 Å². The Bertz CT molecular complexity index is 799. The molecule has 2 aromatic rings. The average Bonchev–Trinajstić information content (AvgIpc) is 2.62. The van der Waals surface area contributed by atoms with E-state index in [1.165, 1.54) is 6.92 Å². The Labute approximate surface area is 158 Å². The third kappa shape index (κ3) is 6.56. The summed E-state index contributed by atoms with van der Waals surface area (Å²) in [6, 6.07) is 13.3. The van der Waals surface area contributed by atoms with Crippen LogP contribution in [0.5, 0.6) is 0 Å².